The van der Waals surface area contributed by atoms with Crippen molar-refractivity contribution in [1.29, 1.82) is 0 Å². The number of nitrogens with one attached hydrogen (secondary N) is 1. The lowest BCUT2D eigenvalue weighted by Crippen LogP contribution is -2.16. The highest BCUT2D eigenvalue weighted by Crippen LogP contribution is 2.26. The van der Waals surface area contributed by atoms with Gasteiger partial charge in [-0.3, -0.25) is 0 Å². The van der Waals surface area contributed by atoms with Gasteiger partial charge in [0.2, 0.25) is 0 Å². The molecule has 0 aliphatic rings. The lowest BCUT2D eigenvalue weighted by atomic mass is 10.0. The van der Waals surface area contributed by atoms with E-state index >= 15 is 0 Å². The molecule has 0 bridgehead atoms. The molecule has 1 unspecified atom stereocenters. The Morgan fingerprint density at radius 1 is 1.35 bits per heavy atom. The van der Waals surface area contributed by atoms with E-state index in [1.807, 2.05) is 19.2 Å². The van der Waals surface area contributed by atoms with Crippen molar-refractivity contribution in [2.24, 2.45) is 0 Å². The highest BCUT2D eigenvalue weighted by Gasteiger charge is 2.11. The maximum atomic E-state index is 5.82. The van der Waals surface area contributed by atoms with E-state index in [-0.39, 0.29) is 0 Å². The monoisotopic (exact) mass is 233 g/mol. The van der Waals surface area contributed by atoms with Crippen LogP contribution < -0.4 is 10.1 Å². The molecule has 1 rings (SSSR count). The van der Waals surface area contributed by atoms with Crippen LogP contribution in [0.1, 0.15) is 38.8 Å². The molecular weight excluding hydrogens is 210 g/mol. The molecule has 1 atom stereocenters. The average Bonchev–Trinajstić information content (AvgIpc) is 2.32. The number of hydrogen-bond donors (Lipinski definition) is 1. The first-order chi connectivity index (χ1) is 8.19. The van der Waals surface area contributed by atoms with Crippen LogP contribution in [0.15, 0.2) is 35.9 Å². The summed E-state index contributed by atoms with van der Waals surface area (Å²) >= 11 is 0. The van der Waals surface area contributed by atoms with Crippen LogP contribution in [0.5, 0.6) is 5.75 Å². The fourth-order valence-corrected chi connectivity index (χ4v) is 1.78. The zero-order valence-corrected chi connectivity index (χ0v) is 11.3. The maximum absolute atomic E-state index is 5.82. The maximum Gasteiger partial charge on any atom is 0.124 e. The summed E-state index contributed by atoms with van der Waals surface area (Å²) in [6, 6.07) is 8.60. The molecule has 94 valence electrons. The summed E-state index contributed by atoms with van der Waals surface area (Å²) < 4.78 is 5.82. The van der Waals surface area contributed by atoms with Gasteiger partial charge in [-0.2, -0.15) is 0 Å². The third-order valence-corrected chi connectivity index (χ3v) is 2.78. The molecule has 0 amide bonds. The van der Waals surface area contributed by atoms with E-state index in [0.717, 1.165) is 12.2 Å². The van der Waals surface area contributed by atoms with Gasteiger partial charge in [0.15, 0.2) is 0 Å². The summed E-state index contributed by atoms with van der Waals surface area (Å²) in [5.74, 6) is 0.978. The van der Waals surface area contributed by atoms with Crippen LogP contribution in [-0.4, -0.2) is 13.7 Å². The first kappa shape index (κ1) is 13.8. The van der Waals surface area contributed by atoms with Crippen LogP contribution in [-0.2, 0) is 0 Å². The zero-order chi connectivity index (χ0) is 12.7. The van der Waals surface area contributed by atoms with Crippen molar-refractivity contribution >= 4 is 0 Å². The van der Waals surface area contributed by atoms with Gasteiger partial charge in [0.05, 0.1) is 0 Å². The molecule has 0 aromatic heterocycles. The molecule has 0 saturated carbocycles. The molecule has 17 heavy (non-hydrogen) atoms. The van der Waals surface area contributed by atoms with Crippen LogP contribution in [0.4, 0.5) is 0 Å². The number of ether oxygens (including phenoxy) is 1. The Hall–Kier alpha value is -1.28. The third-order valence-electron chi connectivity index (χ3n) is 2.78. The van der Waals surface area contributed by atoms with Gasteiger partial charge in [0.25, 0.3) is 0 Å². The minimum absolute atomic E-state index is 0.359. The summed E-state index contributed by atoms with van der Waals surface area (Å²) in [7, 11) is 1.99. The number of para-hydroxylation sites is 1. The van der Waals surface area contributed by atoms with Gasteiger partial charge in [-0.05, 0) is 39.5 Å². The average molecular weight is 233 g/mol. The van der Waals surface area contributed by atoms with Crippen LogP contribution in [0.25, 0.3) is 0 Å². The summed E-state index contributed by atoms with van der Waals surface area (Å²) in [6.45, 7) is 6.98. The highest BCUT2D eigenvalue weighted by molar-refractivity contribution is 5.36. The second-order valence-corrected chi connectivity index (χ2v) is 4.38. The molecule has 0 saturated heterocycles. The molecule has 2 nitrogen and oxygen atoms in total. The molecule has 1 aromatic carbocycles. The summed E-state index contributed by atoms with van der Waals surface area (Å²) in [5, 5.41) is 3.31. The van der Waals surface area contributed by atoms with E-state index in [2.05, 4.69) is 44.3 Å². The fraction of sp³-hybridized carbons (Fsp3) is 0.467. The van der Waals surface area contributed by atoms with Gasteiger partial charge < -0.3 is 10.1 Å². The van der Waals surface area contributed by atoms with Crippen molar-refractivity contribution in [3.05, 3.63) is 41.5 Å². The van der Waals surface area contributed by atoms with E-state index in [9.17, 15) is 0 Å². The van der Waals surface area contributed by atoms with Crippen molar-refractivity contribution in [2.75, 3.05) is 13.7 Å². The molecule has 2 heteroatoms. The molecule has 1 aromatic rings. The van der Waals surface area contributed by atoms with Gasteiger partial charge >= 0.3 is 0 Å². The van der Waals surface area contributed by atoms with Gasteiger partial charge in [-0.15, -0.1) is 0 Å². The normalized spacial score (nSPS) is 12.0. The molecule has 1 N–H and O–H groups in total. The van der Waals surface area contributed by atoms with E-state index in [1.165, 1.54) is 11.1 Å². The second kappa shape index (κ2) is 7.13. The molecule has 0 radical (unpaired) electrons. The Morgan fingerprint density at radius 3 is 2.65 bits per heavy atom. The number of benzene rings is 1. The third kappa shape index (κ3) is 4.23. The molecule has 0 spiro atoms. The van der Waals surface area contributed by atoms with Crippen LogP contribution in [0.2, 0.25) is 0 Å². The van der Waals surface area contributed by atoms with Crippen LogP contribution in [0, 0.1) is 0 Å². The predicted molar refractivity (Wildman–Crippen MR) is 73.5 cm³/mol. The van der Waals surface area contributed by atoms with Gasteiger partial charge in [-0.25, -0.2) is 0 Å². The molecule has 0 aliphatic carbocycles. The van der Waals surface area contributed by atoms with Crippen molar-refractivity contribution in [3.63, 3.8) is 0 Å². The standard InChI is InChI=1S/C15H23NO/c1-5-14(16-4)13-8-6-7-9-15(13)17-11-10-12(2)3/h6-10,14,16H,5,11H2,1-4H3. The van der Waals surface area contributed by atoms with Gasteiger partial charge in [0.1, 0.15) is 12.4 Å². The topological polar surface area (TPSA) is 21.3 Å². The van der Waals surface area contributed by atoms with Gasteiger partial charge in [0, 0.05) is 11.6 Å². The predicted octanol–water partition coefficient (Wildman–Crippen LogP) is 3.70. The number of hydrogen-bond acceptors (Lipinski definition) is 2. The van der Waals surface area contributed by atoms with Crippen molar-refractivity contribution < 1.29 is 4.74 Å². The number of rotatable bonds is 6. The molecular formula is C15H23NO. The van der Waals surface area contributed by atoms with Crippen molar-refractivity contribution in [2.45, 2.75) is 33.2 Å². The van der Waals surface area contributed by atoms with E-state index in [4.69, 9.17) is 4.74 Å². The lowest BCUT2D eigenvalue weighted by molar-refractivity contribution is 0.352. The molecule has 0 heterocycles. The van der Waals surface area contributed by atoms with E-state index in [1.54, 1.807) is 0 Å². The van der Waals surface area contributed by atoms with Crippen LogP contribution in [0.3, 0.4) is 0 Å². The first-order valence-corrected chi connectivity index (χ1v) is 6.21. The SMILES string of the molecule is CCC(NC)c1ccccc1OCC=C(C)C. The van der Waals surface area contributed by atoms with E-state index < -0.39 is 0 Å². The zero-order valence-electron chi connectivity index (χ0n) is 11.3. The molecule has 0 fully saturated rings. The largest absolute Gasteiger partial charge is 0.489 e. The Bertz CT molecular complexity index is 363. The van der Waals surface area contributed by atoms with Crippen LogP contribution >= 0.6 is 0 Å². The Kier molecular flexibility index (Phi) is 5.78. The Labute approximate surface area is 105 Å². The second-order valence-electron chi connectivity index (χ2n) is 4.38. The molecule has 0 aliphatic heterocycles. The first-order valence-electron chi connectivity index (χ1n) is 6.21. The van der Waals surface area contributed by atoms with Gasteiger partial charge in [-0.1, -0.05) is 30.7 Å². The Morgan fingerprint density at radius 2 is 2.06 bits per heavy atom. The summed E-state index contributed by atoms with van der Waals surface area (Å²) in [4.78, 5) is 0. The summed E-state index contributed by atoms with van der Waals surface area (Å²) in [5.41, 5.74) is 2.52. The Balaban J connectivity index is 2.80. The van der Waals surface area contributed by atoms with Crippen molar-refractivity contribution in [3.8, 4) is 5.75 Å². The summed E-state index contributed by atoms with van der Waals surface area (Å²) in [6.07, 6.45) is 3.15. The smallest absolute Gasteiger partial charge is 0.124 e. The minimum atomic E-state index is 0.359. The quantitative estimate of drug-likeness (QED) is 0.756. The minimum Gasteiger partial charge on any atom is -0.489 e. The lowest BCUT2D eigenvalue weighted by Gasteiger charge is -2.18. The number of allylic oxidation sites excluding steroid dienone is 1. The fourth-order valence-electron chi connectivity index (χ4n) is 1.78. The van der Waals surface area contributed by atoms with E-state index in [0.29, 0.717) is 12.6 Å². The van der Waals surface area contributed by atoms with Crippen molar-refractivity contribution in [1.82, 2.24) is 5.32 Å². The highest BCUT2D eigenvalue weighted by atomic mass is 16.5.